The Hall–Kier alpha value is -1.36. The molecule has 1 rings (SSSR count). The van der Waals surface area contributed by atoms with Crippen LogP contribution in [0, 0.1) is 0 Å². The van der Waals surface area contributed by atoms with Crippen LogP contribution in [0.5, 0.6) is 0 Å². The van der Waals surface area contributed by atoms with Crippen LogP contribution in [0.3, 0.4) is 0 Å². The predicted molar refractivity (Wildman–Crippen MR) is 59.3 cm³/mol. The fourth-order valence-corrected chi connectivity index (χ4v) is 1.61. The van der Waals surface area contributed by atoms with E-state index in [1.807, 2.05) is 20.8 Å². The van der Waals surface area contributed by atoms with E-state index < -0.39 is 12.1 Å². The molecule has 1 atom stereocenters. The summed E-state index contributed by atoms with van der Waals surface area (Å²) in [6.45, 7) is 6.02. The van der Waals surface area contributed by atoms with Crippen molar-refractivity contribution in [1.82, 2.24) is 9.78 Å². The summed E-state index contributed by atoms with van der Waals surface area (Å²) >= 11 is 0. The first-order chi connectivity index (χ1) is 7.21. The number of hydrogen-bond donors (Lipinski definition) is 2. The zero-order valence-electron chi connectivity index (χ0n) is 10.1. The summed E-state index contributed by atoms with van der Waals surface area (Å²) in [7, 11) is 1.78. The first kappa shape index (κ1) is 12.7. The van der Waals surface area contributed by atoms with Gasteiger partial charge in [-0.1, -0.05) is 20.8 Å². The lowest BCUT2D eigenvalue weighted by Crippen LogP contribution is -2.24. The topological polar surface area (TPSA) is 75.4 Å². The van der Waals surface area contributed by atoms with Gasteiger partial charge in [0.05, 0.1) is 5.69 Å². The van der Waals surface area contributed by atoms with Gasteiger partial charge in [0, 0.05) is 25.1 Å². The van der Waals surface area contributed by atoms with Crippen LogP contribution in [0.4, 0.5) is 0 Å². The Morgan fingerprint density at radius 1 is 1.56 bits per heavy atom. The Balaban J connectivity index is 3.00. The van der Waals surface area contributed by atoms with Gasteiger partial charge in [-0.25, -0.2) is 4.79 Å². The van der Waals surface area contributed by atoms with Crippen molar-refractivity contribution in [2.75, 3.05) is 0 Å². The summed E-state index contributed by atoms with van der Waals surface area (Å²) < 4.78 is 1.64. The SMILES string of the molecule is Cn1cc(CC(O)C(=O)O)c(C(C)(C)C)n1. The average molecular weight is 226 g/mol. The molecule has 0 fully saturated rings. The molecule has 0 aliphatic carbocycles. The van der Waals surface area contributed by atoms with E-state index in [4.69, 9.17) is 5.11 Å². The molecule has 0 aromatic carbocycles. The third kappa shape index (κ3) is 2.82. The summed E-state index contributed by atoms with van der Waals surface area (Å²) in [5.41, 5.74) is 1.45. The second kappa shape index (κ2) is 4.25. The van der Waals surface area contributed by atoms with E-state index in [1.54, 1.807) is 17.9 Å². The summed E-state index contributed by atoms with van der Waals surface area (Å²) in [4.78, 5) is 10.6. The molecule has 0 aliphatic heterocycles. The Morgan fingerprint density at radius 2 is 2.12 bits per heavy atom. The van der Waals surface area contributed by atoms with Crippen molar-refractivity contribution >= 4 is 5.97 Å². The van der Waals surface area contributed by atoms with E-state index in [9.17, 15) is 9.90 Å². The van der Waals surface area contributed by atoms with Crippen LogP contribution in [-0.2, 0) is 23.7 Å². The lowest BCUT2D eigenvalue weighted by molar-refractivity contribution is -0.146. The maximum Gasteiger partial charge on any atom is 0.332 e. The molecule has 0 saturated carbocycles. The largest absolute Gasteiger partial charge is 0.479 e. The van der Waals surface area contributed by atoms with Crippen LogP contribution in [0.2, 0.25) is 0 Å². The number of carboxylic acid groups (broad SMARTS) is 1. The van der Waals surface area contributed by atoms with Gasteiger partial charge in [0.15, 0.2) is 6.10 Å². The number of aliphatic hydroxyl groups excluding tert-OH is 1. The zero-order valence-corrected chi connectivity index (χ0v) is 10.1. The standard InChI is InChI=1S/C11H18N2O3/c1-11(2,3)9-7(6-13(4)12-9)5-8(14)10(15)16/h6,8,14H,5H2,1-4H3,(H,15,16). The number of aliphatic carboxylic acids is 1. The molecule has 1 aromatic heterocycles. The number of aliphatic hydroxyl groups is 1. The minimum atomic E-state index is -1.37. The van der Waals surface area contributed by atoms with Crippen LogP contribution in [0.1, 0.15) is 32.0 Å². The molecule has 5 nitrogen and oxygen atoms in total. The van der Waals surface area contributed by atoms with Crippen molar-refractivity contribution in [3.05, 3.63) is 17.5 Å². The van der Waals surface area contributed by atoms with Gasteiger partial charge in [-0.15, -0.1) is 0 Å². The Kier molecular flexibility index (Phi) is 3.38. The normalized spacial score (nSPS) is 13.8. The molecule has 0 aliphatic rings. The molecule has 1 aromatic rings. The molecule has 0 amide bonds. The van der Waals surface area contributed by atoms with E-state index in [0.29, 0.717) is 0 Å². The second-order valence-electron chi connectivity index (χ2n) is 4.98. The van der Waals surface area contributed by atoms with Crippen molar-refractivity contribution in [1.29, 1.82) is 0 Å². The molecule has 0 bridgehead atoms. The van der Waals surface area contributed by atoms with Crippen molar-refractivity contribution in [3.8, 4) is 0 Å². The summed E-state index contributed by atoms with van der Waals surface area (Å²) in [6.07, 6.45) is 0.480. The predicted octanol–water partition coefficient (Wildman–Crippen LogP) is 0.706. The van der Waals surface area contributed by atoms with Crippen molar-refractivity contribution in [2.24, 2.45) is 7.05 Å². The minimum absolute atomic E-state index is 0.0930. The molecule has 90 valence electrons. The molecule has 1 heterocycles. The number of carboxylic acids is 1. The molecule has 1 unspecified atom stereocenters. The smallest absolute Gasteiger partial charge is 0.332 e. The summed E-state index contributed by atoms with van der Waals surface area (Å²) in [5, 5.41) is 22.3. The highest BCUT2D eigenvalue weighted by molar-refractivity contribution is 5.72. The lowest BCUT2D eigenvalue weighted by Gasteiger charge is -2.17. The van der Waals surface area contributed by atoms with Crippen LogP contribution in [0.25, 0.3) is 0 Å². The van der Waals surface area contributed by atoms with Gasteiger partial charge in [-0.3, -0.25) is 4.68 Å². The van der Waals surface area contributed by atoms with E-state index in [2.05, 4.69) is 5.10 Å². The van der Waals surface area contributed by atoms with Gasteiger partial charge in [0.1, 0.15) is 0 Å². The number of hydrogen-bond acceptors (Lipinski definition) is 3. The molecule has 5 heteroatoms. The molecule has 2 N–H and O–H groups in total. The second-order valence-corrected chi connectivity index (χ2v) is 4.98. The van der Waals surface area contributed by atoms with E-state index >= 15 is 0 Å². The highest BCUT2D eigenvalue weighted by atomic mass is 16.4. The highest BCUT2D eigenvalue weighted by Crippen LogP contribution is 2.24. The van der Waals surface area contributed by atoms with Gasteiger partial charge in [-0.05, 0) is 5.56 Å². The quantitative estimate of drug-likeness (QED) is 0.795. The van der Waals surface area contributed by atoms with Crippen molar-refractivity contribution < 1.29 is 15.0 Å². The minimum Gasteiger partial charge on any atom is -0.479 e. The maximum atomic E-state index is 10.6. The number of nitrogens with zero attached hydrogens (tertiary/aromatic N) is 2. The third-order valence-electron chi connectivity index (χ3n) is 2.31. The van der Waals surface area contributed by atoms with Crippen LogP contribution in [0.15, 0.2) is 6.20 Å². The lowest BCUT2D eigenvalue weighted by atomic mass is 9.88. The molecule has 0 saturated heterocycles. The van der Waals surface area contributed by atoms with Gasteiger partial charge < -0.3 is 10.2 Å². The van der Waals surface area contributed by atoms with E-state index in [1.165, 1.54) is 0 Å². The van der Waals surface area contributed by atoms with Gasteiger partial charge in [0.25, 0.3) is 0 Å². The van der Waals surface area contributed by atoms with Gasteiger partial charge in [0.2, 0.25) is 0 Å². The van der Waals surface area contributed by atoms with Crippen molar-refractivity contribution in [2.45, 2.75) is 38.7 Å². The zero-order chi connectivity index (χ0) is 12.5. The van der Waals surface area contributed by atoms with Gasteiger partial charge in [-0.2, -0.15) is 5.10 Å². The van der Waals surface area contributed by atoms with E-state index in [-0.39, 0.29) is 11.8 Å². The fraction of sp³-hybridized carbons (Fsp3) is 0.636. The third-order valence-corrected chi connectivity index (χ3v) is 2.31. The monoisotopic (exact) mass is 226 g/mol. The van der Waals surface area contributed by atoms with Gasteiger partial charge >= 0.3 is 5.97 Å². The van der Waals surface area contributed by atoms with E-state index in [0.717, 1.165) is 11.3 Å². The number of aromatic nitrogens is 2. The number of aryl methyl sites for hydroxylation is 1. The highest BCUT2D eigenvalue weighted by Gasteiger charge is 2.24. The Labute approximate surface area is 94.7 Å². The van der Waals surface area contributed by atoms with Crippen LogP contribution >= 0.6 is 0 Å². The Morgan fingerprint density at radius 3 is 2.56 bits per heavy atom. The number of carbonyl (C=O) groups is 1. The molecular formula is C11H18N2O3. The fourth-order valence-electron chi connectivity index (χ4n) is 1.61. The molecular weight excluding hydrogens is 208 g/mol. The molecule has 16 heavy (non-hydrogen) atoms. The summed E-state index contributed by atoms with van der Waals surface area (Å²) in [5.74, 6) is -1.20. The Bertz CT molecular complexity index is 390. The number of rotatable bonds is 3. The maximum absolute atomic E-state index is 10.6. The molecule has 0 spiro atoms. The average Bonchev–Trinajstić information content (AvgIpc) is 2.45. The van der Waals surface area contributed by atoms with Crippen LogP contribution < -0.4 is 0 Å². The van der Waals surface area contributed by atoms with Crippen LogP contribution in [-0.4, -0.2) is 32.1 Å². The van der Waals surface area contributed by atoms with Crippen molar-refractivity contribution in [3.63, 3.8) is 0 Å². The first-order valence-corrected chi connectivity index (χ1v) is 5.15. The molecule has 0 radical (unpaired) electrons. The first-order valence-electron chi connectivity index (χ1n) is 5.15. The summed E-state index contributed by atoms with van der Waals surface area (Å²) in [6, 6.07) is 0.